The summed E-state index contributed by atoms with van der Waals surface area (Å²) < 4.78 is 5.92. The highest BCUT2D eigenvalue weighted by Crippen LogP contribution is 2.30. The summed E-state index contributed by atoms with van der Waals surface area (Å²) in [6.45, 7) is 4.87. The second kappa shape index (κ2) is 6.76. The normalized spacial score (nSPS) is 17.4. The highest BCUT2D eigenvalue weighted by molar-refractivity contribution is 6.31. The first-order valence-corrected chi connectivity index (χ1v) is 8.44. The first kappa shape index (κ1) is 16.1. The van der Waals surface area contributed by atoms with Gasteiger partial charge >= 0.3 is 0 Å². The Labute approximate surface area is 143 Å². The molecule has 0 spiro atoms. The molecule has 120 valence electrons. The largest absolute Gasteiger partial charge is 0.478 e. The van der Waals surface area contributed by atoms with E-state index in [1.807, 2.05) is 24.3 Å². The molecule has 3 heteroatoms. The molecule has 0 fully saturated rings. The molecule has 2 nitrogen and oxygen atoms in total. The standard InChI is InChI=1S/C20H22ClNO/c1-20(2)14-23-19(22-20)17(15-8-4-3-5-9-15)13-12-16-10-6-7-11-18(16)21/h3-11,17H,12-14H2,1-2H3. The first-order valence-electron chi connectivity index (χ1n) is 8.06. The van der Waals surface area contributed by atoms with Gasteiger partial charge in [-0.2, -0.15) is 0 Å². The minimum absolute atomic E-state index is 0.132. The SMILES string of the molecule is CC1(C)COC(C(CCc2ccccc2Cl)c2ccccc2)=N1. The van der Waals surface area contributed by atoms with Crippen molar-refractivity contribution in [3.63, 3.8) is 0 Å². The Kier molecular flexibility index (Phi) is 4.72. The van der Waals surface area contributed by atoms with Crippen molar-refractivity contribution in [2.75, 3.05) is 6.61 Å². The van der Waals surface area contributed by atoms with E-state index in [1.165, 1.54) is 11.1 Å². The van der Waals surface area contributed by atoms with Gasteiger partial charge in [0.05, 0.1) is 11.5 Å². The smallest absolute Gasteiger partial charge is 0.191 e. The van der Waals surface area contributed by atoms with E-state index < -0.39 is 0 Å². The van der Waals surface area contributed by atoms with E-state index in [-0.39, 0.29) is 11.5 Å². The maximum absolute atomic E-state index is 6.30. The zero-order valence-corrected chi connectivity index (χ0v) is 14.4. The van der Waals surface area contributed by atoms with E-state index in [1.54, 1.807) is 0 Å². The molecule has 1 aliphatic rings. The lowest BCUT2D eigenvalue weighted by molar-refractivity contribution is 0.270. The highest BCUT2D eigenvalue weighted by atomic mass is 35.5. The van der Waals surface area contributed by atoms with Crippen molar-refractivity contribution in [2.45, 2.75) is 38.1 Å². The molecule has 0 aliphatic carbocycles. The van der Waals surface area contributed by atoms with Gasteiger partial charge in [-0.3, -0.25) is 0 Å². The predicted octanol–water partition coefficient (Wildman–Crippen LogP) is 5.26. The Bertz CT molecular complexity index is 694. The molecule has 1 heterocycles. The number of hydrogen-bond donors (Lipinski definition) is 0. The lowest BCUT2D eigenvalue weighted by Crippen LogP contribution is -2.17. The van der Waals surface area contributed by atoms with Gasteiger partial charge in [0, 0.05) is 5.02 Å². The van der Waals surface area contributed by atoms with Crippen molar-refractivity contribution in [2.24, 2.45) is 4.99 Å². The minimum Gasteiger partial charge on any atom is -0.478 e. The summed E-state index contributed by atoms with van der Waals surface area (Å²) >= 11 is 6.30. The monoisotopic (exact) mass is 327 g/mol. The zero-order valence-electron chi connectivity index (χ0n) is 13.6. The van der Waals surface area contributed by atoms with Crippen LogP contribution in [0.1, 0.15) is 37.3 Å². The fourth-order valence-electron chi connectivity index (χ4n) is 2.91. The number of nitrogens with zero attached hydrogens (tertiary/aromatic N) is 1. The maximum atomic E-state index is 6.30. The van der Waals surface area contributed by atoms with Crippen LogP contribution in [-0.2, 0) is 11.2 Å². The van der Waals surface area contributed by atoms with Crippen LogP contribution in [0.2, 0.25) is 5.02 Å². The third-order valence-electron chi connectivity index (χ3n) is 4.15. The molecule has 0 radical (unpaired) electrons. The highest BCUT2D eigenvalue weighted by Gasteiger charge is 2.31. The summed E-state index contributed by atoms with van der Waals surface area (Å²) in [5.74, 6) is 1.03. The Morgan fingerprint density at radius 1 is 1.09 bits per heavy atom. The van der Waals surface area contributed by atoms with E-state index in [9.17, 15) is 0 Å². The molecule has 0 bridgehead atoms. The van der Waals surface area contributed by atoms with Gasteiger partial charge in [0.15, 0.2) is 5.90 Å². The second-order valence-corrected chi connectivity index (χ2v) is 7.05. The molecule has 2 aromatic carbocycles. The second-order valence-electron chi connectivity index (χ2n) is 6.64. The van der Waals surface area contributed by atoms with Gasteiger partial charge in [-0.25, -0.2) is 4.99 Å². The summed E-state index contributed by atoms with van der Waals surface area (Å²) in [4.78, 5) is 4.79. The van der Waals surface area contributed by atoms with Gasteiger partial charge in [0.25, 0.3) is 0 Å². The Morgan fingerprint density at radius 2 is 1.78 bits per heavy atom. The quantitative estimate of drug-likeness (QED) is 0.733. The summed E-state index contributed by atoms with van der Waals surface area (Å²) in [6, 6.07) is 18.5. The number of aryl methyl sites for hydroxylation is 1. The number of rotatable bonds is 5. The van der Waals surface area contributed by atoms with E-state index >= 15 is 0 Å². The average Bonchev–Trinajstić information content (AvgIpc) is 2.90. The molecule has 0 aromatic heterocycles. The Balaban J connectivity index is 1.83. The third kappa shape index (κ3) is 3.94. The molecule has 1 aliphatic heterocycles. The molecule has 0 amide bonds. The summed E-state index contributed by atoms with van der Waals surface area (Å²) in [7, 11) is 0. The van der Waals surface area contributed by atoms with E-state index in [2.05, 4.69) is 44.2 Å². The molecule has 1 unspecified atom stereocenters. The zero-order chi connectivity index (χ0) is 16.3. The molecular weight excluding hydrogens is 306 g/mol. The lowest BCUT2D eigenvalue weighted by atomic mass is 9.92. The summed E-state index contributed by atoms with van der Waals surface area (Å²) in [6.07, 6.45) is 1.84. The molecule has 3 rings (SSSR count). The van der Waals surface area contributed by atoms with E-state index in [0.29, 0.717) is 6.61 Å². The first-order chi connectivity index (χ1) is 11.1. The minimum atomic E-state index is -0.132. The fourth-order valence-corrected chi connectivity index (χ4v) is 3.14. The summed E-state index contributed by atoms with van der Waals surface area (Å²) in [5.41, 5.74) is 2.29. The summed E-state index contributed by atoms with van der Waals surface area (Å²) in [5, 5.41) is 0.828. The third-order valence-corrected chi connectivity index (χ3v) is 4.52. The van der Waals surface area contributed by atoms with Crippen molar-refractivity contribution in [3.8, 4) is 0 Å². The van der Waals surface area contributed by atoms with Gasteiger partial charge in [0.1, 0.15) is 6.61 Å². The van der Waals surface area contributed by atoms with Crippen molar-refractivity contribution in [1.82, 2.24) is 0 Å². The molecule has 0 saturated carbocycles. The van der Waals surface area contributed by atoms with Crippen LogP contribution in [0.3, 0.4) is 0 Å². The topological polar surface area (TPSA) is 21.6 Å². The van der Waals surface area contributed by atoms with Crippen molar-refractivity contribution in [3.05, 3.63) is 70.7 Å². The van der Waals surface area contributed by atoms with Gasteiger partial charge in [-0.15, -0.1) is 0 Å². The fraction of sp³-hybridized carbons (Fsp3) is 0.350. The molecule has 2 aromatic rings. The van der Waals surface area contributed by atoms with Crippen LogP contribution < -0.4 is 0 Å². The number of ether oxygens (including phenoxy) is 1. The molecule has 1 atom stereocenters. The van der Waals surface area contributed by atoms with Crippen LogP contribution in [0.25, 0.3) is 0 Å². The van der Waals surface area contributed by atoms with E-state index in [4.69, 9.17) is 21.3 Å². The average molecular weight is 328 g/mol. The van der Waals surface area contributed by atoms with Crippen molar-refractivity contribution in [1.29, 1.82) is 0 Å². The number of hydrogen-bond acceptors (Lipinski definition) is 2. The Hall–Kier alpha value is -1.80. The van der Waals surface area contributed by atoms with Gasteiger partial charge in [-0.05, 0) is 43.9 Å². The van der Waals surface area contributed by atoms with Gasteiger partial charge < -0.3 is 4.74 Å². The van der Waals surface area contributed by atoms with Crippen LogP contribution >= 0.6 is 11.6 Å². The van der Waals surface area contributed by atoms with Crippen LogP contribution in [-0.4, -0.2) is 18.0 Å². The van der Waals surface area contributed by atoms with Crippen molar-refractivity contribution < 1.29 is 4.74 Å². The van der Waals surface area contributed by atoms with Crippen molar-refractivity contribution >= 4 is 17.5 Å². The predicted molar refractivity (Wildman–Crippen MR) is 96.4 cm³/mol. The molecular formula is C20H22ClNO. The number of halogens is 1. The van der Waals surface area contributed by atoms with Crippen LogP contribution in [0.5, 0.6) is 0 Å². The molecule has 0 saturated heterocycles. The molecule has 0 N–H and O–H groups in total. The maximum Gasteiger partial charge on any atom is 0.191 e. The number of benzene rings is 2. The van der Waals surface area contributed by atoms with Crippen LogP contribution in [0.15, 0.2) is 59.6 Å². The molecule has 23 heavy (non-hydrogen) atoms. The Morgan fingerprint density at radius 3 is 2.43 bits per heavy atom. The lowest BCUT2D eigenvalue weighted by Gasteiger charge is -2.17. The van der Waals surface area contributed by atoms with Gasteiger partial charge in [0.2, 0.25) is 0 Å². The van der Waals surface area contributed by atoms with Crippen LogP contribution in [0, 0.1) is 0 Å². The van der Waals surface area contributed by atoms with Gasteiger partial charge in [-0.1, -0.05) is 60.1 Å². The van der Waals surface area contributed by atoms with E-state index in [0.717, 1.165) is 23.8 Å². The van der Waals surface area contributed by atoms with Crippen LogP contribution in [0.4, 0.5) is 0 Å². The number of aliphatic imine (C=N–C) groups is 1.